The van der Waals surface area contributed by atoms with Gasteiger partial charge in [-0.25, -0.2) is 4.79 Å². The van der Waals surface area contributed by atoms with Crippen LogP contribution in [0.2, 0.25) is 5.02 Å². The van der Waals surface area contributed by atoms with Crippen LogP contribution in [0.4, 0.5) is 14.5 Å². The monoisotopic (exact) mass is 355 g/mol. The number of nitrogen functional groups attached to an aromatic ring is 1. The molecule has 2 aromatic rings. The number of benzene rings is 2. The fourth-order valence-electron chi connectivity index (χ4n) is 1.79. The fraction of sp³-hybridized carbons (Fsp3) is 0.125. The Morgan fingerprint density at radius 2 is 1.71 bits per heavy atom. The van der Waals surface area contributed by atoms with Crippen molar-refractivity contribution in [1.82, 2.24) is 0 Å². The van der Waals surface area contributed by atoms with Crippen molar-refractivity contribution in [2.75, 3.05) is 12.3 Å². The predicted molar refractivity (Wildman–Crippen MR) is 83.6 cm³/mol. The van der Waals surface area contributed by atoms with Gasteiger partial charge in [-0.15, -0.1) is 0 Å². The number of ketones is 1. The normalized spacial score (nSPS) is 10.5. The molecule has 2 N–H and O–H groups in total. The average Bonchev–Trinajstić information content (AvgIpc) is 2.55. The number of hydrogen-bond acceptors (Lipinski definition) is 5. The van der Waals surface area contributed by atoms with Crippen molar-refractivity contribution in [2.45, 2.75) is 6.61 Å². The highest BCUT2D eigenvalue weighted by molar-refractivity contribution is 6.33. The lowest BCUT2D eigenvalue weighted by molar-refractivity contribution is -0.0498. The van der Waals surface area contributed by atoms with E-state index in [-0.39, 0.29) is 22.6 Å². The SMILES string of the molecule is Nc1cc(C(=O)OCC(=O)c2ccc(OC(F)F)cc2)ccc1Cl. The van der Waals surface area contributed by atoms with E-state index < -0.39 is 25.0 Å². The molecule has 0 saturated heterocycles. The Balaban J connectivity index is 1.94. The van der Waals surface area contributed by atoms with E-state index in [2.05, 4.69) is 4.74 Å². The summed E-state index contributed by atoms with van der Waals surface area (Å²) in [5.41, 5.74) is 6.15. The number of Topliss-reactive ketones (excluding diaryl/α,β-unsaturated/α-hetero) is 1. The molecule has 24 heavy (non-hydrogen) atoms. The van der Waals surface area contributed by atoms with Crippen molar-refractivity contribution in [3.05, 3.63) is 58.6 Å². The third-order valence-corrected chi connectivity index (χ3v) is 3.31. The van der Waals surface area contributed by atoms with Crippen molar-refractivity contribution < 1.29 is 27.8 Å². The summed E-state index contributed by atoms with van der Waals surface area (Å²) in [5, 5.41) is 0.300. The predicted octanol–water partition coefficient (Wildman–Crippen LogP) is 3.56. The van der Waals surface area contributed by atoms with Crippen molar-refractivity contribution in [2.24, 2.45) is 0 Å². The number of hydrogen-bond donors (Lipinski definition) is 1. The summed E-state index contributed by atoms with van der Waals surface area (Å²) in [7, 11) is 0. The van der Waals surface area contributed by atoms with Crippen LogP contribution in [0.3, 0.4) is 0 Å². The number of rotatable bonds is 6. The molecule has 0 fully saturated rings. The molecular weight excluding hydrogens is 344 g/mol. The third-order valence-electron chi connectivity index (χ3n) is 2.97. The molecule has 0 aliphatic carbocycles. The van der Waals surface area contributed by atoms with Gasteiger partial charge in [0.1, 0.15) is 5.75 Å². The summed E-state index contributed by atoms with van der Waals surface area (Å²) in [4.78, 5) is 23.8. The molecule has 0 amide bonds. The van der Waals surface area contributed by atoms with Gasteiger partial charge in [-0.3, -0.25) is 4.79 Å². The molecule has 0 radical (unpaired) electrons. The Labute approximate surface area is 140 Å². The van der Waals surface area contributed by atoms with Gasteiger partial charge in [0.2, 0.25) is 0 Å². The van der Waals surface area contributed by atoms with E-state index in [4.69, 9.17) is 22.1 Å². The molecule has 0 unspecified atom stereocenters. The highest BCUT2D eigenvalue weighted by Gasteiger charge is 2.13. The lowest BCUT2D eigenvalue weighted by Gasteiger charge is -2.07. The minimum absolute atomic E-state index is 0.0739. The maximum atomic E-state index is 12.0. The number of carbonyl (C=O) groups excluding carboxylic acids is 2. The molecule has 0 spiro atoms. The molecule has 0 aliphatic heterocycles. The molecular formula is C16H12ClF2NO4. The van der Waals surface area contributed by atoms with Gasteiger partial charge in [-0.2, -0.15) is 8.78 Å². The minimum atomic E-state index is -2.95. The molecule has 5 nitrogen and oxygen atoms in total. The second-order valence-corrected chi connectivity index (χ2v) is 5.05. The first-order valence-corrected chi connectivity index (χ1v) is 7.05. The zero-order valence-electron chi connectivity index (χ0n) is 12.2. The summed E-state index contributed by atoms with van der Waals surface area (Å²) in [6.07, 6.45) is 0. The van der Waals surface area contributed by atoms with Crippen LogP contribution in [0.5, 0.6) is 5.75 Å². The van der Waals surface area contributed by atoms with E-state index in [1.54, 1.807) is 0 Å². The van der Waals surface area contributed by atoms with Gasteiger partial charge in [0, 0.05) is 5.56 Å². The van der Waals surface area contributed by atoms with Crippen LogP contribution >= 0.6 is 11.6 Å². The summed E-state index contributed by atoms with van der Waals surface area (Å²) in [6, 6.07) is 9.25. The Kier molecular flexibility index (Phi) is 5.70. The van der Waals surface area contributed by atoms with Gasteiger partial charge in [0.15, 0.2) is 12.4 Å². The topological polar surface area (TPSA) is 78.6 Å². The number of anilines is 1. The van der Waals surface area contributed by atoms with Crippen LogP contribution in [-0.2, 0) is 4.74 Å². The Hall–Kier alpha value is -2.67. The molecule has 0 saturated carbocycles. The molecule has 0 heterocycles. The Morgan fingerprint density at radius 3 is 2.29 bits per heavy atom. The van der Waals surface area contributed by atoms with Gasteiger partial charge < -0.3 is 15.2 Å². The average molecular weight is 356 g/mol. The van der Waals surface area contributed by atoms with E-state index in [1.807, 2.05) is 0 Å². The minimum Gasteiger partial charge on any atom is -0.454 e. The second-order valence-electron chi connectivity index (χ2n) is 4.64. The molecule has 0 bridgehead atoms. The summed E-state index contributed by atoms with van der Waals surface area (Å²) >= 11 is 5.75. The smallest absolute Gasteiger partial charge is 0.387 e. The highest BCUT2D eigenvalue weighted by Crippen LogP contribution is 2.20. The first-order chi connectivity index (χ1) is 11.4. The van der Waals surface area contributed by atoms with Gasteiger partial charge >= 0.3 is 12.6 Å². The van der Waals surface area contributed by atoms with Crippen LogP contribution < -0.4 is 10.5 Å². The van der Waals surface area contributed by atoms with Crippen LogP contribution in [0, 0.1) is 0 Å². The number of halogens is 3. The lowest BCUT2D eigenvalue weighted by Crippen LogP contribution is -2.14. The fourth-order valence-corrected chi connectivity index (χ4v) is 1.91. The molecule has 8 heteroatoms. The van der Waals surface area contributed by atoms with Gasteiger partial charge in [0.05, 0.1) is 16.3 Å². The second kappa shape index (κ2) is 7.74. The molecule has 2 rings (SSSR count). The van der Waals surface area contributed by atoms with Crippen LogP contribution in [-0.4, -0.2) is 25.0 Å². The van der Waals surface area contributed by atoms with Crippen LogP contribution in [0.15, 0.2) is 42.5 Å². The largest absolute Gasteiger partial charge is 0.454 e. The Bertz CT molecular complexity index is 750. The van der Waals surface area contributed by atoms with E-state index in [9.17, 15) is 18.4 Å². The summed E-state index contributed by atoms with van der Waals surface area (Å²) in [5.74, 6) is -1.30. The zero-order chi connectivity index (χ0) is 17.7. The van der Waals surface area contributed by atoms with Gasteiger partial charge in [-0.05, 0) is 42.5 Å². The van der Waals surface area contributed by atoms with Gasteiger partial charge in [-0.1, -0.05) is 11.6 Å². The van der Waals surface area contributed by atoms with E-state index in [0.717, 1.165) is 0 Å². The number of esters is 1. The first kappa shape index (κ1) is 17.7. The van der Waals surface area contributed by atoms with E-state index in [1.165, 1.54) is 42.5 Å². The Morgan fingerprint density at radius 1 is 1.08 bits per heavy atom. The van der Waals surface area contributed by atoms with Crippen molar-refractivity contribution >= 4 is 29.0 Å². The molecule has 2 aromatic carbocycles. The maximum absolute atomic E-state index is 12.0. The van der Waals surface area contributed by atoms with Crippen molar-refractivity contribution in [3.8, 4) is 5.75 Å². The molecule has 0 aliphatic rings. The number of carbonyl (C=O) groups is 2. The lowest BCUT2D eigenvalue weighted by atomic mass is 10.1. The maximum Gasteiger partial charge on any atom is 0.387 e. The first-order valence-electron chi connectivity index (χ1n) is 6.67. The van der Waals surface area contributed by atoms with Crippen LogP contribution in [0.25, 0.3) is 0 Å². The standard InChI is InChI=1S/C16H12ClF2NO4/c17-12-6-3-10(7-13(12)20)15(22)23-8-14(21)9-1-4-11(5-2-9)24-16(18)19/h1-7,16H,8,20H2. The highest BCUT2D eigenvalue weighted by atomic mass is 35.5. The number of alkyl halides is 2. The van der Waals surface area contributed by atoms with Crippen molar-refractivity contribution in [3.63, 3.8) is 0 Å². The quantitative estimate of drug-likeness (QED) is 0.487. The van der Waals surface area contributed by atoms with Crippen molar-refractivity contribution in [1.29, 1.82) is 0 Å². The van der Waals surface area contributed by atoms with E-state index in [0.29, 0.717) is 5.02 Å². The summed E-state index contributed by atoms with van der Waals surface area (Å²) in [6.45, 7) is -3.45. The summed E-state index contributed by atoms with van der Waals surface area (Å²) < 4.78 is 33.1. The molecule has 126 valence electrons. The molecule has 0 atom stereocenters. The van der Waals surface area contributed by atoms with Gasteiger partial charge in [0.25, 0.3) is 0 Å². The zero-order valence-corrected chi connectivity index (χ0v) is 12.9. The number of ether oxygens (including phenoxy) is 2. The number of nitrogens with two attached hydrogens (primary N) is 1. The molecule has 0 aromatic heterocycles. The third kappa shape index (κ3) is 4.66. The van der Waals surface area contributed by atoms with Crippen LogP contribution in [0.1, 0.15) is 20.7 Å². The van der Waals surface area contributed by atoms with E-state index >= 15 is 0 Å².